The van der Waals surface area contributed by atoms with Crippen LogP contribution in [0.15, 0.2) is 53.5 Å². The standard InChI is InChI=1S/C18H18N4O3/c19-17(20)22-13-5-3-4-12(10-13)18(8-9-18)16(24)25-15-7-2-1-6-14(15)21-11-23/h1-7,10-11H,8-9H2,(H,21,23)(H4,19,20,22). The molecule has 1 amide bonds. The minimum Gasteiger partial charge on any atom is -0.424 e. The predicted molar refractivity (Wildman–Crippen MR) is 94.6 cm³/mol. The maximum absolute atomic E-state index is 12.8. The Labute approximate surface area is 144 Å². The molecule has 1 aliphatic carbocycles. The van der Waals surface area contributed by atoms with Crippen LogP contribution in [0.1, 0.15) is 18.4 Å². The average Bonchev–Trinajstić information content (AvgIpc) is 3.38. The van der Waals surface area contributed by atoms with Gasteiger partial charge in [-0.3, -0.25) is 9.59 Å². The number of rotatable bonds is 6. The summed E-state index contributed by atoms with van der Waals surface area (Å²) >= 11 is 0. The molecule has 0 spiro atoms. The first-order chi connectivity index (χ1) is 12.0. The van der Waals surface area contributed by atoms with Gasteiger partial charge in [0.2, 0.25) is 6.41 Å². The van der Waals surface area contributed by atoms with Crippen molar-refractivity contribution >= 4 is 29.7 Å². The lowest BCUT2D eigenvalue weighted by atomic mass is 9.95. The highest BCUT2D eigenvalue weighted by molar-refractivity contribution is 5.90. The summed E-state index contributed by atoms with van der Waals surface area (Å²) in [6, 6.07) is 14.0. The predicted octanol–water partition coefficient (Wildman–Crippen LogP) is 1.80. The number of amides is 1. The zero-order valence-electron chi connectivity index (χ0n) is 13.4. The highest BCUT2D eigenvalue weighted by Gasteiger charge is 2.53. The molecule has 7 nitrogen and oxygen atoms in total. The molecule has 3 rings (SSSR count). The summed E-state index contributed by atoms with van der Waals surface area (Å²) in [6.07, 6.45) is 1.90. The molecule has 0 saturated heterocycles. The third kappa shape index (κ3) is 3.45. The number of nitrogens with two attached hydrogens (primary N) is 2. The number of hydrogen-bond acceptors (Lipinski definition) is 4. The van der Waals surface area contributed by atoms with Gasteiger partial charge in [-0.15, -0.1) is 0 Å². The van der Waals surface area contributed by atoms with E-state index in [0.29, 0.717) is 36.4 Å². The Morgan fingerprint density at radius 2 is 1.92 bits per heavy atom. The summed E-state index contributed by atoms with van der Waals surface area (Å²) in [5, 5.41) is 2.52. The summed E-state index contributed by atoms with van der Waals surface area (Å²) in [4.78, 5) is 27.5. The lowest BCUT2D eigenvalue weighted by molar-refractivity contribution is -0.137. The van der Waals surface area contributed by atoms with Crippen LogP contribution in [0.5, 0.6) is 5.75 Å². The van der Waals surface area contributed by atoms with Crippen LogP contribution in [-0.4, -0.2) is 18.3 Å². The van der Waals surface area contributed by atoms with Crippen molar-refractivity contribution in [3.05, 3.63) is 54.1 Å². The van der Waals surface area contributed by atoms with Gasteiger partial charge in [-0.2, -0.15) is 0 Å². The number of guanidine groups is 1. The largest absolute Gasteiger partial charge is 0.424 e. The Morgan fingerprint density at radius 1 is 1.16 bits per heavy atom. The highest BCUT2D eigenvalue weighted by Crippen LogP contribution is 2.50. The van der Waals surface area contributed by atoms with Crippen LogP contribution in [-0.2, 0) is 15.0 Å². The molecule has 0 aliphatic heterocycles. The smallest absolute Gasteiger partial charge is 0.322 e. The molecule has 1 saturated carbocycles. The van der Waals surface area contributed by atoms with Gasteiger partial charge >= 0.3 is 5.97 Å². The molecule has 5 N–H and O–H groups in total. The van der Waals surface area contributed by atoms with Crippen molar-refractivity contribution in [2.45, 2.75) is 18.3 Å². The van der Waals surface area contributed by atoms with E-state index in [4.69, 9.17) is 16.2 Å². The van der Waals surface area contributed by atoms with Crippen LogP contribution < -0.4 is 21.5 Å². The molecule has 25 heavy (non-hydrogen) atoms. The molecule has 7 heteroatoms. The third-order valence-corrected chi connectivity index (χ3v) is 4.10. The zero-order valence-corrected chi connectivity index (χ0v) is 13.4. The number of nitrogens with one attached hydrogen (secondary N) is 1. The number of carbonyl (C=O) groups is 2. The van der Waals surface area contributed by atoms with Crippen LogP contribution in [0.3, 0.4) is 0 Å². The molecular weight excluding hydrogens is 320 g/mol. The Kier molecular flexibility index (Phi) is 4.38. The van der Waals surface area contributed by atoms with Gasteiger partial charge in [-0.1, -0.05) is 24.3 Å². The van der Waals surface area contributed by atoms with Crippen LogP contribution in [0.25, 0.3) is 0 Å². The van der Waals surface area contributed by atoms with Gasteiger partial charge in [0.25, 0.3) is 0 Å². The third-order valence-electron chi connectivity index (χ3n) is 4.10. The van der Waals surface area contributed by atoms with Crippen LogP contribution in [0.4, 0.5) is 11.4 Å². The fourth-order valence-corrected chi connectivity index (χ4v) is 2.69. The Hall–Kier alpha value is -3.35. The first-order valence-electron chi connectivity index (χ1n) is 7.77. The van der Waals surface area contributed by atoms with Crippen LogP contribution >= 0.6 is 0 Å². The van der Waals surface area contributed by atoms with Crippen molar-refractivity contribution in [2.24, 2.45) is 16.5 Å². The number of para-hydroxylation sites is 2. The summed E-state index contributed by atoms with van der Waals surface area (Å²) in [5.41, 5.74) is 11.9. The minimum atomic E-state index is -0.705. The second-order valence-corrected chi connectivity index (χ2v) is 5.82. The monoisotopic (exact) mass is 338 g/mol. The number of hydrogen-bond donors (Lipinski definition) is 3. The number of nitrogens with zero attached hydrogens (tertiary/aromatic N) is 1. The molecule has 0 aromatic heterocycles. The van der Waals surface area contributed by atoms with E-state index >= 15 is 0 Å². The Balaban J connectivity index is 1.85. The van der Waals surface area contributed by atoms with Gasteiger partial charge in [-0.05, 0) is 42.7 Å². The summed E-state index contributed by atoms with van der Waals surface area (Å²) in [5.74, 6) is -0.0980. The van der Waals surface area contributed by atoms with Gasteiger partial charge in [0.05, 0.1) is 16.8 Å². The summed E-state index contributed by atoms with van der Waals surface area (Å²) < 4.78 is 5.56. The van der Waals surface area contributed by atoms with Gasteiger partial charge < -0.3 is 21.5 Å². The molecular formula is C18H18N4O3. The number of esters is 1. The van der Waals surface area contributed by atoms with E-state index in [2.05, 4.69) is 10.3 Å². The number of anilines is 1. The van der Waals surface area contributed by atoms with E-state index < -0.39 is 5.41 Å². The Bertz CT molecular complexity index is 840. The molecule has 0 bridgehead atoms. The molecule has 2 aromatic carbocycles. The molecule has 128 valence electrons. The second-order valence-electron chi connectivity index (χ2n) is 5.82. The lowest BCUT2D eigenvalue weighted by Crippen LogP contribution is -2.26. The molecule has 2 aromatic rings. The average molecular weight is 338 g/mol. The minimum absolute atomic E-state index is 0.0431. The van der Waals surface area contributed by atoms with Gasteiger partial charge in [-0.25, -0.2) is 4.99 Å². The molecule has 0 heterocycles. The topological polar surface area (TPSA) is 120 Å². The van der Waals surface area contributed by atoms with Crippen molar-refractivity contribution in [3.63, 3.8) is 0 Å². The first kappa shape index (κ1) is 16.5. The molecule has 0 unspecified atom stereocenters. The molecule has 1 fully saturated rings. The Morgan fingerprint density at radius 3 is 2.60 bits per heavy atom. The highest BCUT2D eigenvalue weighted by atomic mass is 16.5. The molecule has 0 radical (unpaired) electrons. The lowest BCUT2D eigenvalue weighted by Gasteiger charge is -2.16. The van der Waals surface area contributed by atoms with E-state index in [1.807, 2.05) is 6.07 Å². The SMILES string of the molecule is NC(N)=Nc1cccc(C2(C(=O)Oc3ccccc3NC=O)CC2)c1. The van der Waals surface area contributed by atoms with E-state index in [9.17, 15) is 9.59 Å². The summed E-state index contributed by atoms with van der Waals surface area (Å²) in [6.45, 7) is 0. The first-order valence-corrected chi connectivity index (χ1v) is 7.77. The van der Waals surface area contributed by atoms with Crippen molar-refractivity contribution in [2.75, 3.05) is 5.32 Å². The van der Waals surface area contributed by atoms with Crippen LogP contribution in [0.2, 0.25) is 0 Å². The van der Waals surface area contributed by atoms with Crippen molar-refractivity contribution in [1.29, 1.82) is 0 Å². The van der Waals surface area contributed by atoms with Gasteiger partial charge in [0, 0.05) is 0 Å². The second kappa shape index (κ2) is 6.64. The zero-order chi connectivity index (χ0) is 17.9. The number of benzene rings is 2. The fourth-order valence-electron chi connectivity index (χ4n) is 2.69. The number of ether oxygens (including phenoxy) is 1. The van der Waals surface area contributed by atoms with Crippen molar-refractivity contribution in [3.8, 4) is 5.75 Å². The summed E-state index contributed by atoms with van der Waals surface area (Å²) in [7, 11) is 0. The maximum atomic E-state index is 12.8. The van der Waals surface area contributed by atoms with Gasteiger partial charge in [0.15, 0.2) is 11.7 Å². The maximum Gasteiger partial charge on any atom is 0.322 e. The number of aliphatic imine (C=N–C) groups is 1. The van der Waals surface area contributed by atoms with Crippen LogP contribution in [0, 0.1) is 0 Å². The van der Waals surface area contributed by atoms with E-state index in [1.165, 1.54) is 0 Å². The van der Waals surface area contributed by atoms with Gasteiger partial charge in [0.1, 0.15) is 0 Å². The molecule has 1 aliphatic rings. The van der Waals surface area contributed by atoms with E-state index in [0.717, 1.165) is 5.56 Å². The number of carbonyl (C=O) groups excluding carboxylic acids is 2. The molecule has 0 atom stereocenters. The fraction of sp³-hybridized carbons (Fsp3) is 0.167. The van der Waals surface area contributed by atoms with E-state index in [-0.39, 0.29) is 11.9 Å². The normalized spacial score (nSPS) is 14.2. The van der Waals surface area contributed by atoms with E-state index in [1.54, 1.807) is 42.5 Å². The van der Waals surface area contributed by atoms with Crippen molar-refractivity contribution < 1.29 is 14.3 Å². The quantitative estimate of drug-likeness (QED) is 0.244. The van der Waals surface area contributed by atoms with Crippen molar-refractivity contribution in [1.82, 2.24) is 0 Å².